The summed E-state index contributed by atoms with van der Waals surface area (Å²) >= 11 is 0. The van der Waals surface area contributed by atoms with Crippen molar-refractivity contribution >= 4 is 10.9 Å². The lowest BCUT2D eigenvalue weighted by molar-refractivity contribution is 0.472. The predicted molar refractivity (Wildman–Crippen MR) is 84.7 cm³/mol. The molecule has 3 N–H and O–H groups in total. The van der Waals surface area contributed by atoms with E-state index in [4.69, 9.17) is 0 Å². The smallest absolute Gasteiger partial charge is 0.115 e. The molecule has 0 radical (unpaired) electrons. The van der Waals surface area contributed by atoms with Crippen molar-refractivity contribution in [2.45, 2.75) is 19.4 Å². The van der Waals surface area contributed by atoms with Crippen molar-refractivity contribution in [1.29, 1.82) is 0 Å². The fraction of sp³-hybridized carbons (Fsp3) is 0.222. The van der Waals surface area contributed by atoms with Crippen LogP contribution in [0.1, 0.15) is 28.4 Å². The van der Waals surface area contributed by atoms with Crippen LogP contribution in [0.25, 0.3) is 10.9 Å². The van der Waals surface area contributed by atoms with Crippen molar-refractivity contribution in [3.63, 3.8) is 0 Å². The van der Waals surface area contributed by atoms with Gasteiger partial charge in [-0.3, -0.25) is 0 Å². The van der Waals surface area contributed by atoms with Crippen molar-refractivity contribution in [2.75, 3.05) is 6.54 Å². The molecule has 0 spiro atoms. The summed E-state index contributed by atoms with van der Waals surface area (Å²) < 4.78 is 0. The number of hydrogen-bond acceptors (Lipinski definition) is 2. The zero-order valence-electron chi connectivity index (χ0n) is 12.0. The van der Waals surface area contributed by atoms with E-state index >= 15 is 0 Å². The number of nitrogens with one attached hydrogen (secondary N) is 2. The Morgan fingerprint density at radius 1 is 1.14 bits per heavy atom. The maximum absolute atomic E-state index is 9.73. The topological polar surface area (TPSA) is 48.0 Å². The summed E-state index contributed by atoms with van der Waals surface area (Å²) in [7, 11) is 0. The van der Waals surface area contributed by atoms with Crippen LogP contribution in [0.2, 0.25) is 0 Å². The van der Waals surface area contributed by atoms with Gasteiger partial charge < -0.3 is 15.4 Å². The Bertz CT molecular complexity index is 819. The highest BCUT2D eigenvalue weighted by Crippen LogP contribution is 2.34. The number of phenolic OH excluding ortho intramolecular Hbond substituents is 1. The van der Waals surface area contributed by atoms with Gasteiger partial charge in [0.2, 0.25) is 0 Å². The molecule has 2 aromatic carbocycles. The highest BCUT2D eigenvalue weighted by molar-refractivity contribution is 5.86. The Balaban J connectivity index is 1.90. The third-order valence-corrected chi connectivity index (χ3v) is 4.31. The summed E-state index contributed by atoms with van der Waals surface area (Å²) in [6, 6.07) is 14.2. The SMILES string of the molecule is Cc1ccc2[nH]c3c(c2c1)CCNC3c1cccc(O)c1. The van der Waals surface area contributed by atoms with Crippen molar-refractivity contribution in [2.24, 2.45) is 0 Å². The number of fused-ring (bicyclic) bond motifs is 3. The normalized spacial score (nSPS) is 17.9. The quantitative estimate of drug-likeness (QED) is 0.639. The van der Waals surface area contributed by atoms with Crippen LogP contribution in [-0.4, -0.2) is 16.6 Å². The zero-order chi connectivity index (χ0) is 14.4. The summed E-state index contributed by atoms with van der Waals surface area (Å²) in [5.41, 5.74) is 6.21. The van der Waals surface area contributed by atoms with Gasteiger partial charge in [0.15, 0.2) is 0 Å². The molecule has 0 fully saturated rings. The second kappa shape index (κ2) is 4.64. The molecule has 3 aromatic rings. The molecule has 0 aliphatic carbocycles. The Kier molecular flexibility index (Phi) is 2.76. The minimum Gasteiger partial charge on any atom is -0.508 e. The molecule has 2 heterocycles. The van der Waals surface area contributed by atoms with Crippen molar-refractivity contribution < 1.29 is 5.11 Å². The highest BCUT2D eigenvalue weighted by atomic mass is 16.3. The van der Waals surface area contributed by atoms with Gasteiger partial charge in [-0.2, -0.15) is 0 Å². The second-order valence-electron chi connectivity index (χ2n) is 5.80. The van der Waals surface area contributed by atoms with E-state index < -0.39 is 0 Å². The molecule has 21 heavy (non-hydrogen) atoms. The summed E-state index contributed by atoms with van der Waals surface area (Å²) in [6.07, 6.45) is 1.04. The molecule has 4 rings (SSSR count). The van der Waals surface area contributed by atoms with Crippen molar-refractivity contribution in [3.05, 3.63) is 64.8 Å². The van der Waals surface area contributed by atoms with Gasteiger partial charge in [0.25, 0.3) is 0 Å². The monoisotopic (exact) mass is 278 g/mol. The Labute approximate surface area is 123 Å². The number of benzene rings is 2. The molecule has 1 aromatic heterocycles. The van der Waals surface area contributed by atoms with Gasteiger partial charge >= 0.3 is 0 Å². The number of aromatic hydroxyl groups is 1. The second-order valence-corrected chi connectivity index (χ2v) is 5.80. The van der Waals surface area contributed by atoms with Crippen LogP contribution < -0.4 is 5.32 Å². The van der Waals surface area contributed by atoms with Crippen LogP contribution >= 0.6 is 0 Å². The predicted octanol–water partition coefficient (Wildman–Crippen LogP) is 3.42. The molecule has 1 unspecified atom stereocenters. The first-order valence-corrected chi connectivity index (χ1v) is 7.36. The maximum atomic E-state index is 9.73. The fourth-order valence-corrected chi connectivity index (χ4v) is 3.33. The van der Waals surface area contributed by atoms with Gasteiger partial charge in [0.1, 0.15) is 5.75 Å². The number of H-pyrrole nitrogens is 1. The average Bonchev–Trinajstić information content (AvgIpc) is 2.85. The third-order valence-electron chi connectivity index (χ3n) is 4.31. The van der Waals surface area contributed by atoms with E-state index in [0.717, 1.165) is 18.5 Å². The highest BCUT2D eigenvalue weighted by Gasteiger charge is 2.25. The Morgan fingerprint density at radius 3 is 2.90 bits per heavy atom. The van der Waals surface area contributed by atoms with Gasteiger partial charge in [0.05, 0.1) is 6.04 Å². The number of aryl methyl sites for hydroxylation is 1. The first kappa shape index (κ1) is 12.5. The molecule has 0 saturated heterocycles. The number of phenols is 1. The molecule has 1 atom stereocenters. The maximum Gasteiger partial charge on any atom is 0.115 e. The fourth-order valence-electron chi connectivity index (χ4n) is 3.33. The molecular formula is C18H18N2O. The number of hydrogen-bond donors (Lipinski definition) is 3. The van der Waals surface area contributed by atoms with Crippen LogP contribution in [0.4, 0.5) is 0 Å². The van der Waals surface area contributed by atoms with E-state index in [0.29, 0.717) is 5.75 Å². The van der Waals surface area contributed by atoms with Crippen molar-refractivity contribution in [3.8, 4) is 5.75 Å². The molecule has 0 saturated carbocycles. The van der Waals surface area contributed by atoms with Gasteiger partial charge in [0, 0.05) is 23.1 Å². The molecule has 3 nitrogen and oxygen atoms in total. The summed E-state index contributed by atoms with van der Waals surface area (Å²) in [5.74, 6) is 0.313. The van der Waals surface area contributed by atoms with Gasteiger partial charge in [-0.25, -0.2) is 0 Å². The van der Waals surface area contributed by atoms with E-state index in [-0.39, 0.29) is 6.04 Å². The lowest BCUT2D eigenvalue weighted by Crippen LogP contribution is -2.30. The van der Waals surface area contributed by atoms with Crippen LogP contribution in [0.3, 0.4) is 0 Å². The first-order chi connectivity index (χ1) is 10.2. The minimum atomic E-state index is 0.119. The van der Waals surface area contributed by atoms with E-state index in [2.05, 4.69) is 41.5 Å². The summed E-state index contributed by atoms with van der Waals surface area (Å²) in [4.78, 5) is 3.57. The van der Waals surface area contributed by atoms with E-state index in [9.17, 15) is 5.11 Å². The number of aromatic nitrogens is 1. The van der Waals surface area contributed by atoms with Gasteiger partial charge in [-0.1, -0.05) is 23.8 Å². The largest absolute Gasteiger partial charge is 0.508 e. The lowest BCUT2D eigenvalue weighted by atomic mass is 9.94. The standard InChI is InChI=1S/C18H18N2O/c1-11-5-6-16-15(9-11)14-7-8-19-17(18(14)20-16)12-3-2-4-13(21)10-12/h2-6,9-10,17,19-21H,7-8H2,1H3. The molecule has 1 aliphatic heterocycles. The average molecular weight is 278 g/mol. The van der Waals surface area contributed by atoms with Crippen LogP contribution in [0, 0.1) is 6.92 Å². The van der Waals surface area contributed by atoms with E-state index in [1.807, 2.05) is 12.1 Å². The molecule has 0 amide bonds. The van der Waals surface area contributed by atoms with Gasteiger partial charge in [-0.05, 0) is 48.7 Å². The summed E-state index contributed by atoms with van der Waals surface area (Å²) in [6.45, 7) is 3.08. The minimum absolute atomic E-state index is 0.119. The Hall–Kier alpha value is -2.26. The zero-order valence-corrected chi connectivity index (χ0v) is 12.0. The molecule has 3 heteroatoms. The van der Waals surface area contributed by atoms with Crippen LogP contribution in [-0.2, 0) is 6.42 Å². The molecular weight excluding hydrogens is 260 g/mol. The lowest BCUT2D eigenvalue weighted by Gasteiger charge is -2.25. The number of aromatic amines is 1. The first-order valence-electron chi connectivity index (χ1n) is 7.36. The van der Waals surface area contributed by atoms with Crippen LogP contribution in [0.15, 0.2) is 42.5 Å². The van der Waals surface area contributed by atoms with Crippen LogP contribution in [0.5, 0.6) is 5.75 Å². The number of rotatable bonds is 1. The third kappa shape index (κ3) is 2.01. The molecule has 106 valence electrons. The van der Waals surface area contributed by atoms with E-state index in [1.165, 1.54) is 27.7 Å². The molecule has 1 aliphatic rings. The summed E-state index contributed by atoms with van der Waals surface area (Å²) in [5, 5.41) is 14.6. The molecule has 0 bridgehead atoms. The Morgan fingerprint density at radius 2 is 2.05 bits per heavy atom. The van der Waals surface area contributed by atoms with Gasteiger partial charge in [-0.15, -0.1) is 0 Å². The van der Waals surface area contributed by atoms with Crippen molar-refractivity contribution in [1.82, 2.24) is 10.3 Å². The van der Waals surface area contributed by atoms with E-state index in [1.54, 1.807) is 6.07 Å².